The van der Waals surface area contributed by atoms with E-state index in [1.165, 1.54) is 12.0 Å². The van der Waals surface area contributed by atoms with Crippen molar-refractivity contribution in [1.29, 1.82) is 0 Å². The molecule has 1 rings (SSSR count). The Labute approximate surface area is 99.7 Å². The molecule has 1 N–H and O–H groups in total. The van der Waals surface area contributed by atoms with Crippen LogP contribution in [0, 0.1) is 0 Å². The van der Waals surface area contributed by atoms with E-state index < -0.39 is 0 Å². The van der Waals surface area contributed by atoms with Gasteiger partial charge in [0, 0.05) is 19.6 Å². The maximum atomic E-state index is 3.19. The van der Waals surface area contributed by atoms with Gasteiger partial charge in [0.1, 0.15) is 0 Å². The smallest absolute Gasteiger partial charge is 0.0104 e. The first kappa shape index (κ1) is 13.2. The highest BCUT2D eigenvalue weighted by Gasteiger charge is 2.11. The molecule has 0 saturated carbocycles. The zero-order valence-corrected chi connectivity index (χ0v) is 10.7. The lowest BCUT2D eigenvalue weighted by molar-refractivity contribution is 0.308. The van der Waals surface area contributed by atoms with Crippen LogP contribution in [0.2, 0.25) is 0 Å². The number of hydrogen-bond acceptors (Lipinski definition) is 2. The van der Waals surface area contributed by atoms with Crippen molar-refractivity contribution < 1.29 is 0 Å². The Hall–Kier alpha value is -0.860. The van der Waals surface area contributed by atoms with Gasteiger partial charge < -0.3 is 10.2 Å². The van der Waals surface area contributed by atoms with Crippen molar-refractivity contribution in [3.05, 3.63) is 35.9 Å². The van der Waals surface area contributed by atoms with E-state index in [2.05, 4.69) is 54.5 Å². The molecule has 0 saturated heterocycles. The molecule has 0 aliphatic carbocycles. The molecule has 1 aromatic carbocycles. The van der Waals surface area contributed by atoms with E-state index in [-0.39, 0.29) is 0 Å². The van der Waals surface area contributed by atoms with E-state index in [4.69, 9.17) is 0 Å². The first-order chi connectivity index (χ1) is 7.77. The predicted octanol–water partition coefficient (Wildman–Crippen LogP) is 2.33. The molecular formula is C14H24N2. The van der Waals surface area contributed by atoms with Crippen LogP contribution in [0.3, 0.4) is 0 Å². The minimum absolute atomic E-state index is 0.656. The van der Waals surface area contributed by atoms with Crippen LogP contribution in [-0.2, 0) is 0 Å². The molecule has 0 aliphatic heterocycles. The van der Waals surface area contributed by atoms with Crippen molar-refractivity contribution in [2.24, 2.45) is 0 Å². The summed E-state index contributed by atoms with van der Waals surface area (Å²) in [7, 11) is 4.20. The van der Waals surface area contributed by atoms with Gasteiger partial charge >= 0.3 is 0 Å². The topological polar surface area (TPSA) is 15.3 Å². The van der Waals surface area contributed by atoms with Gasteiger partial charge in [-0.3, -0.25) is 0 Å². The summed E-state index contributed by atoms with van der Waals surface area (Å²) in [6, 6.07) is 10.8. The van der Waals surface area contributed by atoms with E-state index in [1.807, 2.05) is 7.05 Å². The maximum Gasteiger partial charge on any atom is 0.0104 e. The standard InChI is InChI=1S/C14H24N2/c1-4-13(12-16(3)11-10-15-2)14-8-6-5-7-9-14/h5-9,13,15H,4,10-12H2,1-3H3. The van der Waals surface area contributed by atoms with Crippen LogP contribution in [0.4, 0.5) is 0 Å². The van der Waals surface area contributed by atoms with Gasteiger partial charge in [-0.1, -0.05) is 37.3 Å². The fraction of sp³-hybridized carbons (Fsp3) is 0.571. The molecule has 0 aromatic heterocycles. The first-order valence-electron chi connectivity index (χ1n) is 6.16. The molecule has 0 spiro atoms. The lowest BCUT2D eigenvalue weighted by atomic mass is 9.96. The molecular weight excluding hydrogens is 196 g/mol. The number of likely N-dealkylation sites (N-methyl/N-ethyl adjacent to an activating group) is 2. The van der Waals surface area contributed by atoms with Crippen molar-refractivity contribution in [1.82, 2.24) is 10.2 Å². The Kier molecular flexibility index (Phi) is 6.12. The van der Waals surface area contributed by atoms with Crippen molar-refractivity contribution >= 4 is 0 Å². The van der Waals surface area contributed by atoms with E-state index >= 15 is 0 Å². The average molecular weight is 220 g/mol. The van der Waals surface area contributed by atoms with Crippen LogP contribution in [-0.4, -0.2) is 38.6 Å². The minimum Gasteiger partial charge on any atom is -0.318 e. The summed E-state index contributed by atoms with van der Waals surface area (Å²) in [5.41, 5.74) is 1.46. The van der Waals surface area contributed by atoms with Crippen LogP contribution < -0.4 is 5.32 Å². The summed E-state index contributed by atoms with van der Waals surface area (Å²) in [6.45, 7) is 5.58. The number of hydrogen-bond donors (Lipinski definition) is 1. The average Bonchev–Trinajstić information content (AvgIpc) is 2.34. The van der Waals surface area contributed by atoms with Crippen molar-refractivity contribution in [3.8, 4) is 0 Å². The largest absolute Gasteiger partial charge is 0.318 e. The lowest BCUT2D eigenvalue weighted by Crippen LogP contribution is -2.30. The Morgan fingerprint density at radius 2 is 1.94 bits per heavy atom. The molecule has 16 heavy (non-hydrogen) atoms. The molecule has 1 aromatic rings. The summed E-state index contributed by atoms with van der Waals surface area (Å²) >= 11 is 0. The van der Waals surface area contributed by atoms with Gasteiger partial charge in [-0.15, -0.1) is 0 Å². The predicted molar refractivity (Wildman–Crippen MR) is 70.9 cm³/mol. The summed E-state index contributed by atoms with van der Waals surface area (Å²) in [4.78, 5) is 2.40. The van der Waals surface area contributed by atoms with Crippen molar-refractivity contribution in [3.63, 3.8) is 0 Å². The molecule has 0 amide bonds. The third-order valence-corrected chi connectivity index (χ3v) is 3.04. The Morgan fingerprint density at radius 1 is 1.25 bits per heavy atom. The monoisotopic (exact) mass is 220 g/mol. The second-order valence-electron chi connectivity index (χ2n) is 4.38. The molecule has 1 atom stereocenters. The van der Waals surface area contributed by atoms with Crippen LogP contribution in [0.25, 0.3) is 0 Å². The first-order valence-corrected chi connectivity index (χ1v) is 6.16. The van der Waals surface area contributed by atoms with Crippen LogP contribution in [0.1, 0.15) is 24.8 Å². The van der Waals surface area contributed by atoms with Gasteiger partial charge in [0.05, 0.1) is 0 Å². The number of nitrogens with zero attached hydrogens (tertiary/aromatic N) is 1. The van der Waals surface area contributed by atoms with Crippen LogP contribution in [0.15, 0.2) is 30.3 Å². The highest BCUT2D eigenvalue weighted by Crippen LogP contribution is 2.19. The maximum absolute atomic E-state index is 3.19. The lowest BCUT2D eigenvalue weighted by Gasteiger charge is -2.23. The highest BCUT2D eigenvalue weighted by atomic mass is 15.1. The normalized spacial score (nSPS) is 13.0. The van der Waals surface area contributed by atoms with Gasteiger partial charge in [-0.2, -0.15) is 0 Å². The minimum atomic E-state index is 0.656. The zero-order valence-electron chi connectivity index (χ0n) is 10.7. The Balaban J connectivity index is 2.49. The van der Waals surface area contributed by atoms with Gasteiger partial charge in [-0.05, 0) is 32.0 Å². The fourth-order valence-electron chi connectivity index (χ4n) is 1.97. The Bertz CT molecular complexity index is 271. The van der Waals surface area contributed by atoms with Gasteiger partial charge in [-0.25, -0.2) is 0 Å². The van der Waals surface area contributed by atoms with Crippen molar-refractivity contribution in [2.75, 3.05) is 33.7 Å². The summed E-state index contributed by atoms with van der Waals surface area (Å²) in [6.07, 6.45) is 1.20. The molecule has 0 radical (unpaired) electrons. The summed E-state index contributed by atoms with van der Waals surface area (Å²) in [5.74, 6) is 0.656. The summed E-state index contributed by atoms with van der Waals surface area (Å²) in [5, 5.41) is 3.19. The van der Waals surface area contributed by atoms with Crippen molar-refractivity contribution in [2.45, 2.75) is 19.3 Å². The van der Waals surface area contributed by atoms with E-state index in [0.29, 0.717) is 5.92 Å². The van der Waals surface area contributed by atoms with E-state index in [9.17, 15) is 0 Å². The molecule has 0 bridgehead atoms. The second kappa shape index (κ2) is 7.42. The fourth-order valence-corrected chi connectivity index (χ4v) is 1.97. The molecule has 2 heteroatoms. The quantitative estimate of drug-likeness (QED) is 0.758. The third-order valence-electron chi connectivity index (χ3n) is 3.04. The second-order valence-corrected chi connectivity index (χ2v) is 4.38. The van der Waals surface area contributed by atoms with Gasteiger partial charge in [0.15, 0.2) is 0 Å². The molecule has 0 heterocycles. The van der Waals surface area contributed by atoms with Crippen LogP contribution in [0.5, 0.6) is 0 Å². The third kappa shape index (κ3) is 4.33. The molecule has 0 fully saturated rings. The zero-order chi connectivity index (χ0) is 11.8. The summed E-state index contributed by atoms with van der Waals surface area (Å²) < 4.78 is 0. The Morgan fingerprint density at radius 3 is 2.50 bits per heavy atom. The van der Waals surface area contributed by atoms with Crippen LogP contribution >= 0.6 is 0 Å². The molecule has 0 aliphatic rings. The highest BCUT2D eigenvalue weighted by molar-refractivity contribution is 5.19. The van der Waals surface area contributed by atoms with E-state index in [1.54, 1.807) is 0 Å². The molecule has 90 valence electrons. The number of benzene rings is 1. The van der Waals surface area contributed by atoms with Gasteiger partial charge in [0.2, 0.25) is 0 Å². The van der Waals surface area contributed by atoms with Gasteiger partial charge in [0.25, 0.3) is 0 Å². The number of rotatable bonds is 7. The molecule has 2 nitrogen and oxygen atoms in total. The molecule has 1 unspecified atom stereocenters. The van der Waals surface area contributed by atoms with E-state index in [0.717, 1.165) is 19.6 Å². The number of nitrogens with one attached hydrogen (secondary N) is 1. The SMILES string of the molecule is CCC(CN(C)CCNC)c1ccccc1.